The number of hydrogen-bond acceptors (Lipinski definition) is 17. The van der Waals surface area contributed by atoms with E-state index in [2.05, 4.69) is 29.9 Å². The number of aliphatic hydroxyl groups excluding tert-OH is 1. The van der Waals surface area contributed by atoms with Crippen LogP contribution in [0, 0.1) is 0 Å². The lowest BCUT2D eigenvalue weighted by Gasteiger charge is -2.33. The maximum absolute atomic E-state index is 15.5. The molecule has 0 spiro atoms. The first-order chi connectivity index (χ1) is 21.9. The Bertz CT molecular complexity index is 1950. The number of halogens is 1. The molecule has 0 radical (unpaired) electrons. The van der Waals surface area contributed by atoms with E-state index in [1.807, 2.05) is 0 Å². The van der Waals surface area contributed by atoms with Crippen LogP contribution >= 0.6 is 15.0 Å². The lowest BCUT2D eigenvalue weighted by atomic mass is 10.0. The van der Waals surface area contributed by atoms with Crippen LogP contribution in [-0.4, -0.2) is 110 Å². The molecular formula is C21H25FN10O11P2S. The van der Waals surface area contributed by atoms with E-state index in [4.69, 9.17) is 51.1 Å². The highest BCUT2D eigenvalue weighted by Gasteiger charge is 2.64. The van der Waals surface area contributed by atoms with E-state index >= 15 is 4.39 Å². The van der Waals surface area contributed by atoms with Crippen molar-refractivity contribution in [1.29, 1.82) is 0 Å². The van der Waals surface area contributed by atoms with Crippen LogP contribution in [0.15, 0.2) is 23.8 Å². The van der Waals surface area contributed by atoms with Crippen molar-refractivity contribution < 1.29 is 51.6 Å². The van der Waals surface area contributed by atoms with E-state index in [-0.39, 0.29) is 40.7 Å². The van der Waals surface area contributed by atoms with Gasteiger partial charge in [0.05, 0.1) is 32.5 Å². The Morgan fingerprint density at radius 2 is 1.93 bits per heavy atom. The number of aliphatic hydroxyl groups is 1. The van der Waals surface area contributed by atoms with Gasteiger partial charge in [0.2, 0.25) is 5.95 Å². The van der Waals surface area contributed by atoms with Crippen molar-refractivity contribution in [2.24, 2.45) is 0 Å². The van der Waals surface area contributed by atoms with E-state index in [1.165, 1.54) is 17.2 Å². The average molecular weight is 707 g/mol. The molecule has 2 unspecified atom stereocenters. The molecule has 3 fully saturated rings. The molecule has 21 nitrogen and oxygen atoms in total. The first kappa shape index (κ1) is 31.5. The number of hydrogen-bond donors (Lipinski definition) is 6. The highest BCUT2D eigenvalue weighted by atomic mass is 32.5. The second-order valence-electron chi connectivity index (χ2n) is 10.5. The van der Waals surface area contributed by atoms with Crippen molar-refractivity contribution >= 4 is 60.9 Å². The fourth-order valence-electron chi connectivity index (χ4n) is 5.74. The number of fused-ring (bicyclic) bond motifs is 4. The van der Waals surface area contributed by atoms with Crippen LogP contribution in [0.4, 0.5) is 16.2 Å². The van der Waals surface area contributed by atoms with Crippen LogP contribution in [0.25, 0.3) is 22.3 Å². The summed E-state index contributed by atoms with van der Waals surface area (Å²) in [7, 11) is -3.55. The van der Waals surface area contributed by atoms with Crippen molar-refractivity contribution in [3.05, 3.63) is 29.3 Å². The zero-order chi connectivity index (χ0) is 32.5. The normalized spacial score (nSPS) is 32.8. The smallest absolute Gasteiger partial charge is 0.325 e. The summed E-state index contributed by atoms with van der Waals surface area (Å²) in [6, 6.07) is 0. The Morgan fingerprint density at radius 1 is 1.20 bits per heavy atom. The molecule has 0 aromatic carbocycles. The number of rotatable bonds is 10. The Hall–Kier alpha value is -3.05. The Kier molecular flexibility index (Phi) is 7.94. The molecule has 3 aliphatic rings. The number of nitrogens with zero attached hydrogens (tertiary/aromatic N) is 7. The molecule has 2 bridgehead atoms. The predicted molar refractivity (Wildman–Crippen MR) is 154 cm³/mol. The maximum Gasteiger partial charge on any atom is 0.325 e. The van der Waals surface area contributed by atoms with Crippen molar-refractivity contribution in [1.82, 2.24) is 39.0 Å². The second-order valence-corrected chi connectivity index (χ2v) is 14.1. The predicted octanol–water partition coefficient (Wildman–Crippen LogP) is -1.60. The van der Waals surface area contributed by atoms with Gasteiger partial charge in [-0.1, -0.05) is 0 Å². The number of nitrogens with one attached hydrogen (secondary N) is 1. The molecule has 4 aromatic rings. The first-order valence-electron chi connectivity index (χ1n) is 13.3. The van der Waals surface area contributed by atoms with Crippen molar-refractivity contribution in [3.63, 3.8) is 0 Å². The van der Waals surface area contributed by atoms with Gasteiger partial charge in [0, 0.05) is 0 Å². The zero-order valence-corrected chi connectivity index (χ0v) is 25.7. The van der Waals surface area contributed by atoms with Crippen LogP contribution in [0.5, 0.6) is 0 Å². The van der Waals surface area contributed by atoms with Crippen molar-refractivity contribution in [2.45, 2.75) is 48.6 Å². The number of ether oxygens (including phenoxy) is 3. The quantitative estimate of drug-likeness (QED) is 0.101. The fraction of sp³-hybridized carbons (Fsp3) is 0.524. The number of nitrogen functional groups attached to an aromatic ring is 2. The van der Waals surface area contributed by atoms with Gasteiger partial charge in [-0.15, -0.1) is 0 Å². The molecule has 25 heteroatoms. The number of anilines is 2. The van der Waals surface area contributed by atoms with E-state index in [1.54, 1.807) is 0 Å². The van der Waals surface area contributed by atoms with Crippen molar-refractivity contribution in [2.75, 3.05) is 31.3 Å². The van der Waals surface area contributed by atoms with Gasteiger partial charge in [-0.05, 0) is 11.8 Å². The Morgan fingerprint density at radius 3 is 2.67 bits per heavy atom. The van der Waals surface area contributed by atoms with Gasteiger partial charge >= 0.3 is 15.0 Å². The van der Waals surface area contributed by atoms with E-state index in [0.717, 1.165) is 10.9 Å². The van der Waals surface area contributed by atoms with Gasteiger partial charge in [0.25, 0.3) is 5.56 Å². The maximum atomic E-state index is 15.5. The lowest BCUT2D eigenvalue weighted by Crippen LogP contribution is -2.45. The topological polar surface area (TPSA) is 292 Å². The summed E-state index contributed by atoms with van der Waals surface area (Å²) in [4.78, 5) is 55.6. The zero-order valence-electron chi connectivity index (χ0n) is 23.0. The van der Waals surface area contributed by atoms with Gasteiger partial charge in [-0.2, -0.15) is 4.98 Å². The van der Waals surface area contributed by atoms with Gasteiger partial charge in [-0.25, -0.2) is 24.3 Å². The average Bonchev–Trinajstić information content (AvgIpc) is 3.81. The fourth-order valence-corrected chi connectivity index (χ4v) is 7.73. The Labute approximate surface area is 260 Å². The minimum absolute atomic E-state index is 0.0884. The highest BCUT2D eigenvalue weighted by Crippen LogP contribution is 2.55. The van der Waals surface area contributed by atoms with Gasteiger partial charge in [0.15, 0.2) is 41.3 Å². The summed E-state index contributed by atoms with van der Waals surface area (Å²) >= 11 is 5.22. The molecular weight excluding hydrogens is 681 g/mol. The van der Waals surface area contributed by atoms with Gasteiger partial charge in [-0.3, -0.25) is 28.0 Å². The van der Waals surface area contributed by atoms with Crippen LogP contribution in [0.3, 0.4) is 0 Å². The van der Waals surface area contributed by atoms with Gasteiger partial charge < -0.3 is 49.6 Å². The minimum Gasteiger partial charge on any atom is -0.394 e. The third kappa shape index (κ3) is 5.21. The summed E-state index contributed by atoms with van der Waals surface area (Å²) in [5.41, 5.74) is 9.60. The lowest BCUT2D eigenvalue weighted by molar-refractivity contribution is -0.183. The van der Waals surface area contributed by atoms with E-state index in [9.17, 15) is 24.3 Å². The molecule has 0 saturated carbocycles. The summed E-state index contributed by atoms with van der Waals surface area (Å²) < 4.78 is 64.3. The number of imidazole rings is 2. The van der Waals surface area contributed by atoms with E-state index < -0.39 is 82.4 Å². The number of nitrogens with two attached hydrogens (primary N) is 2. The molecule has 7 rings (SSSR count). The molecule has 4 aromatic heterocycles. The minimum atomic E-state index is -4.41. The molecule has 10 atom stereocenters. The van der Waals surface area contributed by atoms with Crippen LogP contribution in [-0.2, 0) is 44.2 Å². The van der Waals surface area contributed by atoms with Crippen molar-refractivity contribution in [3.8, 4) is 0 Å². The first-order valence-corrected chi connectivity index (χ1v) is 17.2. The molecule has 46 heavy (non-hydrogen) atoms. The van der Waals surface area contributed by atoms with Gasteiger partial charge in [0.1, 0.15) is 41.9 Å². The second kappa shape index (κ2) is 11.6. The summed E-state index contributed by atoms with van der Waals surface area (Å²) in [5.74, 6) is -0.149. The summed E-state index contributed by atoms with van der Waals surface area (Å²) in [5, 5.41) is 9.72. The number of alkyl halides is 1. The largest absolute Gasteiger partial charge is 0.394 e. The van der Waals surface area contributed by atoms with Crippen LogP contribution in [0.2, 0.25) is 0 Å². The molecule has 0 aliphatic carbocycles. The third-order valence-electron chi connectivity index (χ3n) is 7.76. The van der Waals surface area contributed by atoms with E-state index in [0.29, 0.717) is 0 Å². The molecule has 8 N–H and O–H groups in total. The molecule has 3 saturated heterocycles. The van der Waals surface area contributed by atoms with Crippen LogP contribution in [0.1, 0.15) is 12.5 Å². The third-order valence-corrected chi connectivity index (χ3v) is 9.75. The standard InChI is InChI=1S/C21H25FN10O11P2S/c22-8-7(1-33)40-18(32-6-28-10-16(32)29-20(24)30-17(10)34)11(8)43-45(37,46)39-3-21-2-38-12(13(21)42-44(35)36)19(41-21)31-5-27-9-14(23)25-4-26-15(9)31/h4-8,11-13,18-19,33,44H,1-3H2,(H,35,36)(H,37,46)(H2,23,25,26)(H3,24,29,30,34)/t7-,8+,11-,12-,13+,18-,19-,21-,45?/m1/s1. The number of aromatic nitrogens is 8. The number of H-pyrrole nitrogens is 1. The molecule has 0 amide bonds. The molecule has 7 heterocycles. The summed E-state index contributed by atoms with van der Waals surface area (Å²) in [6.45, 7) is -6.00. The highest BCUT2D eigenvalue weighted by molar-refractivity contribution is 8.07. The summed E-state index contributed by atoms with van der Waals surface area (Å²) in [6.07, 6.45) is -6.08. The Balaban J connectivity index is 1.14. The molecule has 248 valence electrons. The monoisotopic (exact) mass is 706 g/mol. The van der Waals surface area contributed by atoms with Crippen LogP contribution < -0.4 is 17.0 Å². The molecule has 3 aliphatic heterocycles. The number of aromatic amines is 1. The SMILES string of the molecule is Nc1nc2c(ncn2[C@@H]2O[C@H](CO)[C@H](F)[C@H]2OP(O)(=S)OC[C@@]23CO[C@@H]([C@H](n4cnc5c(N)ncnc54)O2)[C@@H]3O[PH](=O)O)c(=O)[nH]1.